The summed E-state index contributed by atoms with van der Waals surface area (Å²) in [5, 5.41) is 0. The minimum absolute atomic E-state index is 0.0321. The highest BCUT2D eigenvalue weighted by Gasteiger charge is 2.06. The monoisotopic (exact) mass is 223 g/mol. The first-order valence-electron chi connectivity index (χ1n) is 5.64. The van der Waals surface area contributed by atoms with Gasteiger partial charge in [0.25, 0.3) is 0 Å². The number of hydrogen-bond donors (Lipinski definition) is 1. The van der Waals surface area contributed by atoms with E-state index < -0.39 is 0 Å². The molecule has 0 aromatic heterocycles. The van der Waals surface area contributed by atoms with Gasteiger partial charge in [-0.25, -0.2) is 0 Å². The van der Waals surface area contributed by atoms with E-state index >= 15 is 0 Å². The molecule has 1 unspecified atom stereocenters. The van der Waals surface area contributed by atoms with Crippen LogP contribution in [0.4, 0.5) is 0 Å². The molecule has 16 heavy (non-hydrogen) atoms. The molecule has 1 atom stereocenters. The average Bonchev–Trinajstić information content (AvgIpc) is 2.28. The number of benzene rings is 1. The third-order valence-electron chi connectivity index (χ3n) is 2.42. The summed E-state index contributed by atoms with van der Waals surface area (Å²) in [7, 11) is 1.66. The van der Waals surface area contributed by atoms with Crippen LogP contribution in [-0.4, -0.2) is 19.8 Å². The lowest BCUT2D eigenvalue weighted by molar-refractivity contribution is 0.0736. The van der Waals surface area contributed by atoms with E-state index in [1.807, 2.05) is 38.1 Å². The molecule has 0 bridgehead atoms. The Kier molecular flexibility index (Phi) is 5.29. The van der Waals surface area contributed by atoms with Crippen LogP contribution in [0.2, 0.25) is 0 Å². The summed E-state index contributed by atoms with van der Waals surface area (Å²) in [6.45, 7) is 4.75. The van der Waals surface area contributed by atoms with E-state index in [0.717, 1.165) is 17.7 Å². The van der Waals surface area contributed by atoms with Crippen LogP contribution < -0.4 is 10.5 Å². The van der Waals surface area contributed by atoms with Crippen molar-refractivity contribution in [2.75, 3.05) is 13.7 Å². The van der Waals surface area contributed by atoms with E-state index in [2.05, 4.69) is 0 Å². The number of nitrogens with two attached hydrogens (primary N) is 1. The normalized spacial score (nSPS) is 12.8. The first kappa shape index (κ1) is 13.0. The molecule has 3 nitrogen and oxygen atoms in total. The molecule has 1 rings (SSSR count). The van der Waals surface area contributed by atoms with Crippen molar-refractivity contribution in [2.24, 2.45) is 5.73 Å². The molecule has 0 amide bonds. The lowest BCUT2D eigenvalue weighted by atomic mass is 10.1. The van der Waals surface area contributed by atoms with Crippen molar-refractivity contribution in [3.05, 3.63) is 29.8 Å². The van der Waals surface area contributed by atoms with Crippen LogP contribution in [0.15, 0.2) is 24.3 Å². The van der Waals surface area contributed by atoms with Gasteiger partial charge in [-0.1, -0.05) is 12.1 Å². The number of rotatable bonds is 6. The summed E-state index contributed by atoms with van der Waals surface area (Å²) in [6, 6.07) is 7.89. The minimum atomic E-state index is 0.0321. The molecule has 0 heterocycles. The SMILES string of the molecule is COc1ccc(C(N)CCOC(C)C)cc1. The molecule has 0 saturated carbocycles. The fraction of sp³-hybridized carbons (Fsp3) is 0.538. The standard InChI is InChI=1S/C13H21NO2/c1-10(2)16-9-8-13(14)11-4-6-12(15-3)7-5-11/h4-7,10,13H,8-9,14H2,1-3H3. The maximum Gasteiger partial charge on any atom is 0.118 e. The van der Waals surface area contributed by atoms with E-state index in [1.165, 1.54) is 0 Å². The van der Waals surface area contributed by atoms with Crippen LogP contribution >= 0.6 is 0 Å². The fourth-order valence-electron chi connectivity index (χ4n) is 1.45. The zero-order chi connectivity index (χ0) is 12.0. The molecule has 0 radical (unpaired) electrons. The third kappa shape index (κ3) is 4.21. The zero-order valence-electron chi connectivity index (χ0n) is 10.3. The van der Waals surface area contributed by atoms with Crippen molar-refractivity contribution >= 4 is 0 Å². The first-order valence-corrected chi connectivity index (χ1v) is 5.64. The van der Waals surface area contributed by atoms with E-state index in [-0.39, 0.29) is 12.1 Å². The quantitative estimate of drug-likeness (QED) is 0.806. The van der Waals surface area contributed by atoms with Gasteiger partial charge in [-0.05, 0) is 38.0 Å². The molecule has 3 heteroatoms. The van der Waals surface area contributed by atoms with Gasteiger partial charge in [-0.15, -0.1) is 0 Å². The van der Waals surface area contributed by atoms with Crippen LogP contribution in [0.5, 0.6) is 5.75 Å². The van der Waals surface area contributed by atoms with Crippen molar-refractivity contribution in [3.63, 3.8) is 0 Å². The Morgan fingerprint density at radius 1 is 1.19 bits per heavy atom. The fourth-order valence-corrected chi connectivity index (χ4v) is 1.45. The number of hydrogen-bond acceptors (Lipinski definition) is 3. The molecule has 0 aliphatic heterocycles. The number of ether oxygens (including phenoxy) is 2. The van der Waals surface area contributed by atoms with Crippen LogP contribution in [0, 0.1) is 0 Å². The predicted octanol–water partition coefficient (Wildman–Crippen LogP) is 2.51. The van der Waals surface area contributed by atoms with Gasteiger partial charge in [0.05, 0.1) is 13.2 Å². The molecule has 90 valence electrons. The van der Waals surface area contributed by atoms with Gasteiger partial charge in [0.1, 0.15) is 5.75 Å². The van der Waals surface area contributed by atoms with Gasteiger partial charge in [0, 0.05) is 12.6 Å². The minimum Gasteiger partial charge on any atom is -0.497 e. The van der Waals surface area contributed by atoms with Gasteiger partial charge in [-0.2, -0.15) is 0 Å². The zero-order valence-corrected chi connectivity index (χ0v) is 10.3. The van der Waals surface area contributed by atoms with Gasteiger partial charge >= 0.3 is 0 Å². The van der Waals surface area contributed by atoms with Crippen molar-refractivity contribution in [3.8, 4) is 5.75 Å². The van der Waals surface area contributed by atoms with Crippen LogP contribution in [0.1, 0.15) is 31.9 Å². The second kappa shape index (κ2) is 6.51. The lowest BCUT2D eigenvalue weighted by Gasteiger charge is -2.14. The van der Waals surface area contributed by atoms with E-state index in [0.29, 0.717) is 6.61 Å². The Balaban J connectivity index is 2.43. The molecule has 0 aliphatic carbocycles. The van der Waals surface area contributed by atoms with Crippen molar-refractivity contribution in [1.29, 1.82) is 0 Å². The van der Waals surface area contributed by atoms with Crippen molar-refractivity contribution < 1.29 is 9.47 Å². The summed E-state index contributed by atoms with van der Waals surface area (Å²) in [4.78, 5) is 0. The molecule has 0 saturated heterocycles. The van der Waals surface area contributed by atoms with Gasteiger partial charge in [0.2, 0.25) is 0 Å². The average molecular weight is 223 g/mol. The van der Waals surface area contributed by atoms with Gasteiger partial charge < -0.3 is 15.2 Å². The molecule has 0 spiro atoms. The maximum absolute atomic E-state index is 6.05. The first-order chi connectivity index (χ1) is 7.63. The summed E-state index contributed by atoms with van der Waals surface area (Å²) in [5.74, 6) is 0.856. The Morgan fingerprint density at radius 2 is 1.81 bits per heavy atom. The van der Waals surface area contributed by atoms with Crippen LogP contribution in [0.25, 0.3) is 0 Å². The van der Waals surface area contributed by atoms with Gasteiger partial charge in [-0.3, -0.25) is 0 Å². The molecular weight excluding hydrogens is 202 g/mol. The largest absolute Gasteiger partial charge is 0.497 e. The maximum atomic E-state index is 6.05. The third-order valence-corrected chi connectivity index (χ3v) is 2.42. The number of methoxy groups -OCH3 is 1. The summed E-state index contributed by atoms with van der Waals surface area (Å²) >= 11 is 0. The topological polar surface area (TPSA) is 44.5 Å². The van der Waals surface area contributed by atoms with E-state index in [9.17, 15) is 0 Å². The lowest BCUT2D eigenvalue weighted by Crippen LogP contribution is -2.14. The second-order valence-corrected chi connectivity index (χ2v) is 4.09. The predicted molar refractivity (Wildman–Crippen MR) is 65.6 cm³/mol. The molecule has 0 aliphatic rings. The van der Waals surface area contributed by atoms with Crippen molar-refractivity contribution in [1.82, 2.24) is 0 Å². The van der Waals surface area contributed by atoms with E-state index in [4.69, 9.17) is 15.2 Å². The highest BCUT2D eigenvalue weighted by Crippen LogP contribution is 2.18. The summed E-state index contributed by atoms with van der Waals surface area (Å²) in [5.41, 5.74) is 7.17. The molecular formula is C13H21NO2. The summed E-state index contributed by atoms with van der Waals surface area (Å²) < 4.78 is 10.6. The Hall–Kier alpha value is -1.06. The van der Waals surface area contributed by atoms with Crippen molar-refractivity contribution in [2.45, 2.75) is 32.4 Å². The van der Waals surface area contributed by atoms with Crippen LogP contribution in [0.3, 0.4) is 0 Å². The van der Waals surface area contributed by atoms with Crippen LogP contribution in [-0.2, 0) is 4.74 Å². The highest BCUT2D eigenvalue weighted by molar-refractivity contribution is 5.28. The highest BCUT2D eigenvalue weighted by atomic mass is 16.5. The Labute approximate surface area is 97.6 Å². The second-order valence-electron chi connectivity index (χ2n) is 4.09. The smallest absolute Gasteiger partial charge is 0.118 e. The molecule has 0 fully saturated rings. The Morgan fingerprint density at radius 3 is 2.31 bits per heavy atom. The Bertz CT molecular complexity index is 295. The molecule has 2 N–H and O–H groups in total. The summed E-state index contributed by atoms with van der Waals surface area (Å²) in [6.07, 6.45) is 1.10. The molecule has 1 aromatic rings. The molecule has 1 aromatic carbocycles. The van der Waals surface area contributed by atoms with E-state index in [1.54, 1.807) is 7.11 Å². The van der Waals surface area contributed by atoms with Gasteiger partial charge in [0.15, 0.2) is 0 Å².